The van der Waals surface area contributed by atoms with E-state index in [0.29, 0.717) is 0 Å². The highest BCUT2D eigenvalue weighted by atomic mass is 15.2. The standard InChI is InChI=1S/C14H19N3/c1-4-5-11-8-13(17-15)12-7-9(2)6-10(3)14(12)16-11/h6-8H,4-5,15H2,1-3H3,(H,16,17). The van der Waals surface area contributed by atoms with Crippen LogP contribution >= 0.6 is 0 Å². The first kappa shape index (κ1) is 11.9. The Bertz CT molecular complexity index is 547. The van der Waals surface area contributed by atoms with Crippen LogP contribution in [0.5, 0.6) is 0 Å². The van der Waals surface area contributed by atoms with Crippen LogP contribution in [-0.4, -0.2) is 4.98 Å². The second kappa shape index (κ2) is 4.72. The monoisotopic (exact) mass is 229 g/mol. The van der Waals surface area contributed by atoms with Gasteiger partial charge in [0, 0.05) is 11.1 Å². The summed E-state index contributed by atoms with van der Waals surface area (Å²) in [6.07, 6.45) is 2.07. The van der Waals surface area contributed by atoms with Crippen molar-refractivity contribution in [1.29, 1.82) is 0 Å². The van der Waals surface area contributed by atoms with Gasteiger partial charge >= 0.3 is 0 Å². The molecule has 0 aliphatic carbocycles. The van der Waals surface area contributed by atoms with Crippen molar-refractivity contribution in [3.63, 3.8) is 0 Å². The van der Waals surface area contributed by atoms with Crippen LogP contribution in [0.1, 0.15) is 30.2 Å². The molecule has 0 radical (unpaired) electrons. The van der Waals surface area contributed by atoms with Crippen molar-refractivity contribution in [3.8, 4) is 0 Å². The second-order valence-electron chi connectivity index (χ2n) is 4.53. The SMILES string of the molecule is CCCc1cc(NN)c2cc(C)cc(C)c2n1. The van der Waals surface area contributed by atoms with E-state index < -0.39 is 0 Å². The number of fused-ring (bicyclic) bond motifs is 1. The molecular formula is C14H19N3. The Labute approximate surface area is 102 Å². The maximum absolute atomic E-state index is 5.60. The number of aromatic nitrogens is 1. The van der Waals surface area contributed by atoms with Gasteiger partial charge in [0.05, 0.1) is 11.2 Å². The molecule has 1 aromatic heterocycles. The van der Waals surface area contributed by atoms with E-state index in [1.165, 1.54) is 11.1 Å². The lowest BCUT2D eigenvalue weighted by molar-refractivity contribution is 0.889. The van der Waals surface area contributed by atoms with E-state index in [9.17, 15) is 0 Å². The van der Waals surface area contributed by atoms with Crippen LogP contribution in [0.2, 0.25) is 0 Å². The van der Waals surface area contributed by atoms with E-state index in [0.717, 1.165) is 35.1 Å². The van der Waals surface area contributed by atoms with E-state index in [2.05, 4.69) is 38.3 Å². The molecule has 17 heavy (non-hydrogen) atoms. The van der Waals surface area contributed by atoms with E-state index >= 15 is 0 Å². The molecular weight excluding hydrogens is 210 g/mol. The van der Waals surface area contributed by atoms with Crippen molar-refractivity contribution in [2.75, 3.05) is 5.43 Å². The largest absolute Gasteiger partial charge is 0.323 e. The molecule has 0 unspecified atom stereocenters. The number of benzene rings is 1. The number of hydrazine groups is 1. The topological polar surface area (TPSA) is 50.9 Å². The van der Waals surface area contributed by atoms with Gasteiger partial charge < -0.3 is 5.43 Å². The van der Waals surface area contributed by atoms with Crippen molar-refractivity contribution in [2.45, 2.75) is 33.6 Å². The molecule has 2 rings (SSSR count). The molecule has 0 bridgehead atoms. The van der Waals surface area contributed by atoms with Gasteiger partial charge in [0.15, 0.2) is 0 Å². The van der Waals surface area contributed by atoms with Crippen LogP contribution in [0.4, 0.5) is 5.69 Å². The third-order valence-corrected chi connectivity index (χ3v) is 2.96. The number of rotatable bonds is 3. The highest BCUT2D eigenvalue weighted by Gasteiger charge is 2.07. The van der Waals surface area contributed by atoms with Crippen LogP contribution in [0.25, 0.3) is 10.9 Å². The summed E-state index contributed by atoms with van der Waals surface area (Å²) in [5.41, 5.74) is 8.33. The van der Waals surface area contributed by atoms with Crippen molar-refractivity contribution < 1.29 is 0 Å². The number of pyridine rings is 1. The number of aryl methyl sites for hydroxylation is 3. The number of nitrogens with one attached hydrogen (secondary N) is 1. The van der Waals surface area contributed by atoms with Crippen molar-refractivity contribution in [1.82, 2.24) is 4.98 Å². The van der Waals surface area contributed by atoms with E-state index in [1.54, 1.807) is 0 Å². The first-order chi connectivity index (χ1) is 8.15. The zero-order valence-corrected chi connectivity index (χ0v) is 10.7. The second-order valence-corrected chi connectivity index (χ2v) is 4.53. The molecule has 3 N–H and O–H groups in total. The number of nitrogens with zero attached hydrogens (tertiary/aromatic N) is 1. The molecule has 0 spiro atoms. The number of nitrogens with two attached hydrogens (primary N) is 1. The molecule has 3 heteroatoms. The fraction of sp³-hybridized carbons (Fsp3) is 0.357. The zero-order valence-electron chi connectivity index (χ0n) is 10.7. The van der Waals surface area contributed by atoms with Crippen LogP contribution in [0.15, 0.2) is 18.2 Å². The molecule has 0 aliphatic heterocycles. The summed E-state index contributed by atoms with van der Waals surface area (Å²) in [6, 6.07) is 6.33. The third kappa shape index (κ3) is 2.24. The Morgan fingerprint density at radius 2 is 2.00 bits per heavy atom. The van der Waals surface area contributed by atoms with Crippen LogP contribution < -0.4 is 11.3 Å². The maximum atomic E-state index is 5.60. The first-order valence-electron chi connectivity index (χ1n) is 6.03. The fourth-order valence-electron chi connectivity index (χ4n) is 2.24. The van der Waals surface area contributed by atoms with Crippen LogP contribution in [-0.2, 0) is 6.42 Å². The summed E-state index contributed by atoms with van der Waals surface area (Å²) in [6.45, 7) is 6.34. The third-order valence-electron chi connectivity index (χ3n) is 2.96. The Balaban J connectivity index is 2.73. The quantitative estimate of drug-likeness (QED) is 0.628. The summed E-state index contributed by atoms with van der Waals surface area (Å²) in [4.78, 5) is 4.72. The maximum Gasteiger partial charge on any atom is 0.0755 e. The fourth-order valence-corrected chi connectivity index (χ4v) is 2.24. The Morgan fingerprint density at radius 1 is 1.24 bits per heavy atom. The lowest BCUT2D eigenvalue weighted by atomic mass is 10.0. The van der Waals surface area contributed by atoms with Gasteiger partial charge in [0.25, 0.3) is 0 Å². The number of hydrogen-bond acceptors (Lipinski definition) is 3. The van der Waals surface area contributed by atoms with Gasteiger partial charge in [-0.3, -0.25) is 10.8 Å². The average molecular weight is 229 g/mol. The van der Waals surface area contributed by atoms with Crippen LogP contribution in [0.3, 0.4) is 0 Å². The normalized spacial score (nSPS) is 10.8. The van der Waals surface area contributed by atoms with Gasteiger partial charge in [-0.25, -0.2) is 0 Å². The summed E-state index contributed by atoms with van der Waals surface area (Å²) >= 11 is 0. The number of hydrogen-bond donors (Lipinski definition) is 2. The van der Waals surface area contributed by atoms with Gasteiger partial charge in [-0.15, -0.1) is 0 Å². The Hall–Kier alpha value is -1.61. The van der Waals surface area contributed by atoms with E-state index in [4.69, 9.17) is 10.8 Å². The van der Waals surface area contributed by atoms with Gasteiger partial charge in [0.2, 0.25) is 0 Å². The predicted molar refractivity (Wildman–Crippen MR) is 73.0 cm³/mol. The molecule has 2 aromatic rings. The summed E-state index contributed by atoms with van der Waals surface area (Å²) in [7, 11) is 0. The molecule has 3 nitrogen and oxygen atoms in total. The summed E-state index contributed by atoms with van der Waals surface area (Å²) in [5, 5.41) is 1.10. The zero-order chi connectivity index (χ0) is 12.4. The molecule has 0 aliphatic rings. The molecule has 0 fully saturated rings. The highest BCUT2D eigenvalue weighted by Crippen LogP contribution is 2.26. The van der Waals surface area contributed by atoms with Gasteiger partial charge in [-0.1, -0.05) is 25.0 Å². The summed E-state index contributed by atoms with van der Waals surface area (Å²) in [5.74, 6) is 5.60. The highest BCUT2D eigenvalue weighted by molar-refractivity contribution is 5.93. The van der Waals surface area contributed by atoms with Crippen molar-refractivity contribution >= 4 is 16.6 Å². The van der Waals surface area contributed by atoms with Crippen molar-refractivity contribution in [3.05, 3.63) is 35.0 Å². The average Bonchev–Trinajstić information content (AvgIpc) is 2.29. The lowest BCUT2D eigenvalue weighted by Gasteiger charge is -2.11. The molecule has 1 heterocycles. The van der Waals surface area contributed by atoms with Gasteiger partial charge in [-0.2, -0.15) is 0 Å². The number of nitrogen functional groups attached to an aromatic ring is 1. The minimum atomic E-state index is 0.963. The number of anilines is 1. The molecule has 0 amide bonds. The molecule has 1 aromatic carbocycles. The van der Waals surface area contributed by atoms with E-state index in [1.807, 2.05) is 6.07 Å². The Morgan fingerprint density at radius 3 is 2.65 bits per heavy atom. The predicted octanol–water partition coefficient (Wildman–Crippen LogP) is 3.09. The lowest BCUT2D eigenvalue weighted by Crippen LogP contribution is -2.09. The molecule has 0 saturated carbocycles. The van der Waals surface area contributed by atoms with E-state index in [-0.39, 0.29) is 0 Å². The smallest absolute Gasteiger partial charge is 0.0755 e. The first-order valence-corrected chi connectivity index (χ1v) is 6.03. The summed E-state index contributed by atoms with van der Waals surface area (Å²) < 4.78 is 0. The molecule has 0 saturated heterocycles. The molecule has 0 atom stereocenters. The van der Waals surface area contributed by atoms with Gasteiger partial charge in [-0.05, 0) is 38.0 Å². The minimum absolute atomic E-state index is 0.963. The molecule has 90 valence electrons. The van der Waals surface area contributed by atoms with Crippen molar-refractivity contribution in [2.24, 2.45) is 5.84 Å². The van der Waals surface area contributed by atoms with Crippen LogP contribution in [0, 0.1) is 13.8 Å². The van der Waals surface area contributed by atoms with Gasteiger partial charge in [0.1, 0.15) is 0 Å². The minimum Gasteiger partial charge on any atom is -0.323 e. The Kier molecular flexibility index (Phi) is 3.29.